The average Bonchev–Trinajstić information content (AvgIpc) is 2.55. The van der Waals surface area contributed by atoms with Crippen LogP contribution in [0.4, 0.5) is 8.78 Å². The van der Waals surface area contributed by atoms with Gasteiger partial charge in [0.05, 0.1) is 5.56 Å². The lowest BCUT2D eigenvalue weighted by Gasteiger charge is -2.28. The molecule has 2 rings (SSSR count). The van der Waals surface area contributed by atoms with E-state index in [1.54, 1.807) is 0 Å². The molecule has 1 atom stereocenters. The number of aromatic nitrogens is 1. The Morgan fingerprint density at radius 1 is 1.48 bits per heavy atom. The van der Waals surface area contributed by atoms with Crippen LogP contribution >= 0.6 is 0 Å². The molecule has 0 spiro atoms. The van der Waals surface area contributed by atoms with Crippen molar-refractivity contribution in [1.82, 2.24) is 10.3 Å². The molecule has 1 amide bonds. The summed E-state index contributed by atoms with van der Waals surface area (Å²) in [5.74, 6) is -0.712. The molecule has 23 heavy (non-hydrogen) atoms. The van der Waals surface area contributed by atoms with Gasteiger partial charge in [0.1, 0.15) is 0 Å². The van der Waals surface area contributed by atoms with Crippen LogP contribution in [0.5, 0.6) is 5.88 Å². The number of carbonyl (C=O) groups is 1. The van der Waals surface area contributed by atoms with Gasteiger partial charge in [-0.15, -0.1) is 6.42 Å². The fourth-order valence-corrected chi connectivity index (χ4v) is 2.86. The molecule has 0 saturated heterocycles. The molecule has 0 aliphatic heterocycles. The predicted octanol–water partition coefficient (Wildman–Crippen LogP) is 3.07. The van der Waals surface area contributed by atoms with Crippen molar-refractivity contribution in [3.05, 3.63) is 23.4 Å². The number of amides is 1. The summed E-state index contributed by atoms with van der Waals surface area (Å²) in [6.45, 7) is 1.66. The second kappa shape index (κ2) is 7.91. The first-order valence-corrected chi connectivity index (χ1v) is 7.76. The minimum Gasteiger partial charge on any atom is -0.462 e. The van der Waals surface area contributed by atoms with Gasteiger partial charge >= 0.3 is 0 Å². The van der Waals surface area contributed by atoms with E-state index in [0.29, 0.717) is 5.92 Å². The van der Waals surface area contributed by atoms with Gasteiger partial charge in [-0.05, 0) is 31.7 Å². The maximum absolute atomic E-state index is 13.9. The molecule has 1 aromatic rings. The van der Waals surface area contributed by atoms with Crippen molar-refractivity contribution in [2.75, 3.05) is 6.61 Å². The highest BCUT2D eigenvalue weighted by Crippen LogP contribution is 2.26. The van der Waals surface area contributed by atoms with Gasteiger partial charge < -0.3 is 10.1 Å². The number of carbonyl (C=O) groups excluding carboxylic acids is 1. The van der Waals surface area contributed by atoms with Crippen LogP contribution in [-0.4, -0.2) is 23.5 Å². The second-order valence-corrected chi connectivity index (χ2v) is 5.77. The van der Waals surface area contributed by atoms with Crippen molar-refractivity contribution in [3.63, 3.8) is 0 Å². The Hall–Kier alpha value is -2.16. The van der Waals surface area contributed by atoms with Crippen LogP contribution in [0.2, 0.25) is 0 Å². The highest BCUT2D eigenvalue weighted by Gasteiger charge is 2.24. The van der Waals surface area contributed by atoms with Gasteiger partial charge in [-0.3, -0.25) is 4.79 Å². The molecule has 1 unspecified atom stereocenters. The van der Waals surface area contributed by atoms with E-state index in [2.05, 4.69) is 16.2 Å². The second-order valence-electron chi connectivity index (χ2n) is 5.77. The molecule has 1 saturated carbocycles. The molecule has 1 heterocycles. The van der Waals surface area contributed by atoms with Gasteiger partial charge in [-0.1, -0.05) is 25.2 Å². The van der Waals surface area contributed by atoms with E-state index in [0.717, 1.165) is 31.7 Å². The normalized spacial score (nSPS) is 16.4. The number of nitrogens with zero attached hydrogens (tertiary/aromatic N) is 1. The lowest BCUT2D eigenvalue weighted by atomic mass is 9.84. The number of hydrogen-bond acceptors (Lipinski definition) is 3. The molecule has 124 valence electrons. The molecule has 1 N–H and O–H groups in total. The maximum atomic E-state index is 13.9. The zero-order chi connectivity index (χ0) is 16.8. The first-order valence-electron chi connectivity index (χ1n) is 7.76. The zero-order valence-corrected chi connectivity index (χ0v) is 13.1. The van der Waals surface area contributed by atoms with Crippen molar-refractivity contribution >= 4 is 5.91 Å². The van der Waals surface area contributed by atoms with E-state index < -0.39 is 29.1 Å². The summed E-state index contributed by atoms with van der Waals surface area (Å²) in [5.41, 5.74) is -0.432. The van der Waals surface area contributed by atoms with Crippen LogP contribution in [0.25, 0.3) is 0 Å². The van der Waals surface area contributed by atoms with Gasteiger partial charge in [0.15, 0.2) is 12.4 Å². The van der Waals surface area contributed by atoms with Crippen molar-refractivity contribution in [3.8, 4) is 18.2 Å². The lowest BCUT2D eigenvalue weighted by molar-refractivity contribution is 0.0913. The fourth-order valence-electron chi connectivity index (χ4n) is 2.86. The Bertz CT molecular complexity index is 607. The van der Waals surface area contributed by atoms with Crippen LogP contribution in [0.1, 0.15) is 49.4 Å². The van der Waals surface area contributed by atoms with Crippen molar-refractivity contribution in [1.29, 1.82) is 0 Å². The van der Waals surface area contributed by atoms with E-state index in [-0.39, 0.29) is 12.6 Å². The van der Waals surface area contributed by atoms with E-state index in [1.165, 1.54) is 6.42 Å². The Morgan fingerprint density at radius 3 is 2.83 bits per heavy atom. The number of ether oxygens (including phenoxy) is 1. The van der Waals surface area contributed by atoms with Gasteiger partial charge in [-0.2, -0.15) is 9.37 Å². The molecule has 0 bridgehead atoms. The number of rotatable bonds is 5. The Balaban J connectivity index is 2.06. The smallest absolute Gasteiger partial charge is 0.256 e. The van der Waals surface area contributed by atoms with E-state index in [1.807, 2.05) is 6.92 Å². The van der Waals surface area contributed by atoms with Crippen molar-refractivity contribution in [2.24, 2.45) is 5.92 Å². The summed E-state index contributed by atoms with van der Waals surface area (Å²) in [6, 6.07) is 0.694. The molecular weight excluding hydrogens is 302 g/mol. The Kier molecular flexibility index (Phi) is 5.91. The third kappa shape index (κ3) is 4.41. The summed E-state index contributed by atoms with van der Waals surface area (Å²) in [6.07, 6.45) is 10.5. The van der Waals surface area contributed by atoms with Crippen LogP contribution in [-0.2, 0) is 0 Å². The minimum atomic E-state index is -1.08. The minimum absolute atomic E-state index is 0.0948. The Morgan fingerprint density at radius 2 is 2.17 bits per heavy atom. The van der Waals surface area contributed by atoms with Crippen molar-refractivity contribution < 1.29 is 18.3 Å². The average molecular weight is 322 g/mol. The third-order valence-electron chi connectivity index (χ3n) is 4.15. The number of halogens is 2. The summed E-state index contributed by atoms with van der Waals surface area (Å²) >= 11 is 0. The summed E-state index contributed by atoms with van der Waals surface area (Å²) in [4.78, 5) is 15.5. The lowest BCUT2D eigenvalue weighted by Crippen LogP contribution is -2.39. The molecule has 0 radical (unpaired) electrons. The van der Waals surface area contributed by atoms with Crippen LogP contribution in [0.3, 0.4) is 0 Å². The first kappa shape index (κ1) is 17.2. The number of nitrogens with one attached hydrogen (secondary N) is 1. The van der Waals surface area contributed by atoms with Crippen LogP contribution in [0.15, 0.2) is 6.07 Å². The maximum Gasteiger partial charge on any atom is 0.256 e. The van der Waals surface area contributed by atoms with Crippen molar-refractivity contribution in [2.45, 2.75) is 45.1 Å². The highest BCUT2D eigenvalue weighted by atomic mass is 19.1. The first-order chi connectivity index (χ1) is 11.0. The zero-order valence-electron chi connectivity index (χ0n) is 13.1. The molecule has 0 aromatic carbocycles. The van der Waals surface area contributed by atoms with Gasteiger partial charge in [-0.25, -0.2) is 4.39 Å². The topological polar surface area (TPSA) is 51.2 Å². The number of pyridine rings is 1. The third-order valence-corrected chi connectivity index (χ3v) is 4.15. The number of hydrogen-bond donors (Lipinski definition) is 1. The fraction of sp³-hybridized carbons (Fsp3) is 0.529. The summed E-state index contributed by atoms with van der Waals surface area (Å²) in [5, 5.41) is 2.74. The molecule has 4 nitrogen and oxygen atoms in total. The molecule has 1 aliphatic rings. The summed E-state index contributed by atoms with van der Waals surface area (Å²) < 4.78 is 32.5. The summed E-state index contributed by atoms with van der Waals surface area (Å²) in [7, 11) is 0. The van der Waals surface area contributed by atoms with E-state index >= 15 is 0 Å². The Labute approximate surface area is 134 Å². The standard InChI is InChI=1S/C17H20F2N2O2/c1-3-9-23-17-14(18)10-13(15(19)21-17)16(22)20-11(2)12-7-5-4-6-8-12/h1,10-12H,4-9H2,2H3,(H,20,22). The van der Waals surface area contributed by atoms with Gasteiger partial charge in [0.2, 0.25) is 5.95 Å². The molecule has 1 aliphatic carbocycles. The van der Waals surface area contributed by atoms with Gasteiger partial charge in [0, 0.05) is 6.04 Å². The predicted molar refractivity (Wildman–Crippen MR) is 82.0 cm³/mol. The van der Waals surface area contributed by atoms with E-state index in [9.17, 15) is 13.6 Å². The highest BCUT2D eigenvalue weighted by molar-refractivity contribution is 5.94. The SMILES string of the molecule is C#CCOc1nc(F)c(C(=O)NC(C)C2CCCCC2)cc1F. The molecule has 1 fully saturated rings. The quantitative estimate of drug-likeness (QED) is 0.669. The molecule has 1 aromatic heterocycles. The number of terminal acetylenes is 1. The van der Waals surface area contributed by atoms with Crippen LogP contribution < -0.4 is 10.1 Å². The molecule has 6 heteroatoms. The largest absolute Gasteiger partial charge is 0.462 e. The molecular formula is C17H20F2N2O2. The monoisotopic (exact) mass is 322 g/mol. The van der Waals surface area contributed by atoms with Crippen LogP contribution in [0, 0.1) is 30.0 Å². The van der Waals surface area contributed by atoms with E-state index in [4.69, 9.17) is 11.2 Å². The van der Waals surface area contributed by atoms with Gasteiger partial charge in [0.25, 0.3) is 11.8 Å².